The van der Waals surface area contributed by atoms with Crippen molar-refractivity contribution in [3.63, 3.8) is 0 Å². The number of phosphoric acid groups is 1. The molecule has 9 nitrogen and oxygen atoms in total. The van der Waals surface area contributed by atoms with Crippen molar-refractivity contribution in [3.8, 4) is 0 Å². The molecular formula is C79H126NO8P. The minimum absolute atomic E-state index is 0.0399. The van der Waals surface area contributed by atoms with Gasteiger partial charge in [-0.15, -0.1) is 0 Å². The van der Waals surface area contributed by atoms with Crippen LogP contribution in [0.25, 0.3) is 0 Å². The first kappa shape index (κ1) is 83.8. The third kappa shape index (κ3) is 71.8. The summed E-state index contributed by atoms with van der Waals surface area (Å²) in [6, 6.07) is 0. The summed E-state index contributed by atoms with van der Waals surface area (Å²) >= 11 is 0. The summed E-state index contributed by atoms with van der Waals surface area (Å²) in [5, 5.41) is 0. The predicted molar refractivity (Wildman–Crippen MR) is 385 cm³/mol. The average Bonchev–Trinajstić information content (AvgIpc) is 3.58. The summed E-state index contributed by atoms with van der Waals surface area (Å²) < 4.78 is 33.2. The van der Waals surface area contributed by atoms with Gasteiger partial charge in [0.2, 0.25) is 0 Å². The first-order valence-electron chi connectivity index (χ1n) is 34.9. The molecule has 2 atom stereocenters. The fraction of sp³-hybridized carbons (Fsp3) is 0.570. The van der Waals surface area contributed by atoms with E-state index < -0.39 is 32.5 Å². The van der Waals surface area contributed by atoms with Crippen LogP contribution in [0.5, 0.6) is 0 Å². The molecule has 0 aliphatic heterocycles. The average molecular weight is 1250 g/mol. The number of nitrogens with two attached hydrogens (primary N) is 1. The summed E-state index contributed by atoms with van der Waals surface area (Å²) in [6.07, 6.45) is 109. The summed E-state index contributed by atoms with van der Waals surface area (Å²) in [5.41, 5.74) is 5.40. The zero-order valence-corrected chi connectivity index (χ0v) is 57.0. The quantitative estimate of drug-likeness (QED) is 0.0264. The number of rotatable bonds is 63. The lowest BCUT2D eigenvalue weighted by molar-refractivity contribution is -0.161. The Kier molecular flexibility index (Phi) is 67.8. The molecule has 0 saturated heterocycles. The normalized spacial score (nSPS) is 14.2. The molecule has 3 N–H and O–H groups in total. The molecule has 0 heterocycles. The molecule has 0 spiro atoms. The van der Waals surface area contributed by atoms with Gasteiger partial charge in [-0.25, -0.2) is 4.57 Å². The van der Waals surface area contributed by atoms with Crippen LogP contribution in [-0.4, -0.2) is 49.3 Å². The van der Waals surface area contributed by atoms with Crippen molar-refractivity contribution in [2.24, 2.45) is 5.73 Å². The van der Waals surface area contributed by atoms with Gasteiger partial charge in [0, 0.05) is 19.4 Å². The van der Waals surface area contributed by atoms with Gasteiger partial charge in [-0.2, -0.15) is 0 Å². The Hall–Kier alpha value is -5.15. The molecular weight excluding hydrogens is 1120 g/mol. The molecule has 0 aromatic rings. The Morgan fingerprint density at radius 1 is 0.337 bits per heavy atom. The van der Waals surface area contributed by atoms with Crippen LogP contribution in [0.15, 0.2) is 194 Å². The lowest BCUT2D eigenvalue weighted by Gasteiger charge is -2.19. The van der Waals surface area contributed by atoms with E-state index in [2.05, 4.69) is 208 Å². The van der Waals surface area contributed by atoms with E-state index in [1.165, 1.54) is 64.2 Å². The van der Waals surface area contributed by atoms with Crippen molar-refractivity contribution in [2.75, 3.05) is 26.4 Å². The monoisotopic (exact) mass is 1250 g/mol. The molecule has 0 amide bonds. The van der Waals surface area contributed by atoms with Crippen molar-refractivity contribution in [1.29, 1.82) is 0 Å². The largest absolute Gasteiger partial charge is 0.472 e. The fourth-order valence-electron chi connectivity index (χ4n) is 8.90. The first-order valence-corrected chi connectivity index (χ1v) is 36.4. The zero-order valence-electron chi connectivity index (χ0n) is 56.1. The van der Waals surface area contributed by atoms with E-state index in [4.69, 9.17) is 24.3 Å². The Balaban J connectivity index is 4.01. The van der Waals surface area contributed by atoms with Gasteiger partial charge >= 0.3 is 19.8 Å². The Bertz CT molecular complexity index is 2160. The Morgan fingerprint density at radius 3 is 0.865 bits per heavy atom. The highest BCUT2D eigenvalue weighted by atomic mass is 31.2. The summed E-state index contributed by atoms with van der Waals surface area (Å²) in [7, 11) is -4.41. The van der Waals surface area contributed by atoms with E-state index in [-0.39, 0.29) is 32.6 Å². The molecule has 0 aliphatic carbocycles. The number of carbonyl (C=O) groups excluding carboxylic acids is 2. The van der Waals surface area contributed by atoms with Crippen LogP contribution in [0.3, 0.4) is 0 Å². The summed E-state index contributed by atoms with van der Waals surface area (Å²) in [5.74, 6) is -0.863. The molecule has 0 aromatic heterocycles. The summed E-state index contributed by atoms with van der Waals surface area (Å²) in [4.78, 5) is 35.4. The number of unbranched alkanes of at least 4 members (excludes halogenated alkanes) is 18. The second kappa shape index (κ2) is 71.9. The van der Waals surface area contributed by atoms with Crippen LogP contribution >= 0.6 is 7.82 Å². The van der Waals surface area contributed by atoms with Gasteiger partial charge < -0.3 is 20.1 Å². The molecule has 500 valence electrons. The number of allylic oxidation sites excluding steroid dienone is 32. The predicted octanol–water partition coefficient (Wildman–Crippen LogP) is 23.3. The fourth-order valence-corrected chi connectivity index (χ4v) is 9.67. The van der Waals surface area contributed by atoms with Crippen LogP contribution in [0, 0.1) is 0 Å². The van der Waals surface area contributed by atoms with Crippen LogP contribution < -0.4 is 5.73 Å². The topological polar surface area (TPSA) is 134 Å². The molecule has 0 fully saturated rings. The Morgan fingerprint density at radius 2 is 0.584 bits per heavy atom. The standard InChI is InChI=1S/C79H126NO8P/c1-3-5-7-9-11-13-15-17-19-21-23-25-27-29-31-33-35-37-38-40-41-43-45-47-49-51-53-55-57-59-61-63-65-67-69-71-78(81)85-75-77(76-87-89(83,84)86-74-73-80)88-79(82)72-70-68-66-64-62-60-58-56-54-52-50-48-46-44-42-39-36-34-32-30-28-26-24-22-20-18-16-14-12-10-8-6-4-2/h5-8,11-14,17-20,23-26,29-32,35-37,39-41,44,46,50,52,56,58,77H,3-4,9-10,15-16,21-22,27-28,33-34,38,42-43,45,47-49,51,53-55,57,59-76,80H2,1-2H3,(H,83,84)/b7-5-,8-6-,13-11-,14-12-,19-17-,20-18-,25-23-,26-24-,31-29-,32-30-,37-35-,39-36-,41-40-,46-44-,52-50-,58-56-. The van der Waals surface area contributed by atoms with Gasteiger partial charge in [0.1, 0.15) is 6.61 Å². The molecule has 0 bridgehead atoms. The van der Waals surface area contributed by atoms with E-state index >= 15 is 0 Å². The molecule has 2 unspecified atom stereocenters. The van der Waals surface area contributed by atoms with Gasteiger partial charge in [-0.05, 0) is 141 Å². The van der Waals surface area contributed by atoms with Crippen molar-refractivity contribution >= 4 is 19.8 Å². The highest BCUT2D eigenvalue weighted by molar-refractivity contribution is 7.47. The highest BCUT2D eigenvalue weighted by Gasteiger charge is 2.26. The maximum atomic E-state index is 12.8. The van der Waals surface area contributed by atoms with Crippen molar-refractivity contribution in [2.45, 2.75) is 264 Å². The summed E-state index contributed by atoms with van der Waals surface area (Å²) in [6.45, 7) is 3.48. The number of carbonyl (C=O) groups is 2. The minimum Gasteiger partial charge on any atom is -0.462 e. The van der Waals surface area contributed by atoms with Crippen LogP contribution in [0.4, 0.5) is 0 Å². The molecule has 0 aromatic carbocycles. The lowest BCUT2D eigenvalue weighted by atomic mass is 10.0. The molecule has 10 heteroatoms. The first-order chi connectivity index (χ1) is 43.8. The van der Waals surface area contributed by atoms with Crippen molar-refractivity contribution in [1.82, 2.24) is 0 Å². The number of phosphoric ester groups is 1. The molecule has 89 heavy (non-hydrogen) atoms. The van der Waals surface area contributed by atoms with Gasteiger partial charge in [0.05, 0.1) is 13.2 Å². The van der Waals surface area contributed by atoms with E-state index in [9.17, 15) is 19.0 Å². The smallest absolute Gasteiger partial charge is 0.462 e. The Labute approximate surface area is 545 Å². The zero-order chi connectivity index (χ0) is 64.4. The number of hydrogen-bond donors (Lipinski definition) is 2. The number of esters is 2. The highest BCUT2D eigenvalue weighted by Crippen LogP contribution is 2.43. The third-order valence-corrected chi connectivity index (χ3v) is 15.0. The second-order valence-electron chi connectivity index (χ2n) is 22.3. The SMILES string of the molecule is CC/C=C\C/C=C\C/C=C\C/C=C\C/C=C\C/C=C\C/C=C\C/C=C\C/C=C\CCCCCCCC(=O)OC(COC(=O)CCCCCCCCCCCCCCC/C=C\C/C=C\C/C=C\C/C=C\C/C=C\C/C=C\C/C=C\CC)COP(=O)(O)OCCN. The molecule has 0 saturated carbocycles. The van der Waals surface area contributed by atoms with Gasteiger partial charge in [0.15, 0.2) is 6.10 Å². The van der Waals surface area contributed by atoms with E-state index in [0.29, 0.717) is 6.42 Å². The van der Waals surface area contributed by atoms with Crippen LogP contribution in [0.2, 0.25) is 0 Å². The van der Waals surface area contributed by atoms with Gasteiger partial charge in [-0.1, -0.05) is 298 Å². The lowest BCUT2D eigenvalue weighted by Crippen LogP contribution is -2.29. The van der Waals surface area contributed by atoms with E-state index in [1.54, 1.807) is 0 Å². The van der Waals surface area contributed by atoms with E-state index in [0.717, 1.165) is 161 Å². The number of hydrogen-bond acceptors (Lipinski definition) is 8. The van der Waals surface area contributed by atoms with Crippen LogP contribution in [-0.2, 0) is 32.7 Å². The molecule has 0 radical (unpaired) electrons. The molecule has 0 aliphatic rings. The third-order valence-electron chi connectivity index (χ3n) is 14.0. The second-order valence-corrected chi connectivity index (χ2v) is 23.7. The number of ether oxygens (including phenoxy) is 2. The molecule has 0 rings (SSSR count). The van der Waals surface area contributed by atoms with Crippen molar-refractivity contribution in [3.05, 3.63) is 194 Å². The van der Waals surface area contributed by atoms with Gasteiger partial charge in [0.25, 0.3) is 0 Å². The van der Waals surface area contributed by atoms with Gasteiger partial charge in [-0.3, -0.25) is 18.6 Å². The van der Waals surface area contributed by atoms with Crippen molar-refractivity contribution < 1.29 is 37.6 Å². The van der Waals surface area contributed by atoms with E-state index in [1.807, 2.05) is 0 Å². The minimum atomic E-state index is -4.41. The van der Waals surface area contributed by atoms with Crippen LogP contribution in [0.1, 0.15) is 258 Å². The maximum absolute atomic E-state index is 12.8. The maximum Gasteiger partial charge on any atom is 0.472 e.